The zero-order valence-corrected chi connectivity index (χ0v) is 16.8. The zero-order chi connectivity index (χ0) is 21.5. The molecule has 158 valence electrons. The van der Waals surface area contributed by atoms with E-state index < -0.39 is 18.0 Å². The fourth-order valence-electron chi connectivity index (χ4n) is 2.79. The zero-order valence-electron chi connectivity index (χ0n) is 16.8. The molecule has 1 heterocycles. The van der Waals surface area contributed by atoms with E-state index in [9.17, 15) is 14.4 Å². The highest BCUT2D eigenvalue weighted by molar-refractivity contribution is 5.98. The number of amides is 1. The molecule has 0 aromatic heterocycles. The van der Waals surface area contributed by atoms with Gasteiger partial charge < -0.3 is 24.3 Å². The van der Waals surface area contributed by atoms with E-state index >= 15 is 0 Å². The van der Waals surface area contributed by atoms with Crippen molar-refractivity contribution in [1.82, 2.24) is 0 Å². The summed E-state index contributed by atoms with van der Waals surface area (Å²) in [5, 5.41) is 2.65. The molecule has 0 radical (unpaired) electrons. The predicted molar refractivity (Wildman–Crippen MR) is 108 cm³/mol. The first kappa shape index (κ1) is 21.2. The van der Waals surface area contributed by atoms with Crippen LogP contribution in [0.4, 0.5) is 5.69 Å². The van der Waals surface area contributed by atoms with Gasteiger partial charge in [-0.25, -0.2) is 0 Å². The summed E-state index contributed by atoms with van der Waals surface area (Å²) in [6.45, 7) is 4.02. The summed E-state index contributed by atoms with van der Waals surface area (Å²) in [5.41, 5.74) is 0.984. The molecule has 0 saturated heterocycles. The third-order valence-electron chi connectivity index (χ3n) is 4.36. The molecule has 0 fully saturated rings. The molecule has 30 heavy (non-hydrogen) atoms. The topological polar surface area (TPSA) is 100 Å². The van der Waals surface area contributed by atoms with Crippen LogP contribution in [0.3, 0.4) is 0 Å². The Hall–Kier alpha value is -3.55. The molecule has 0 unspecified atom stereocenters. The molecule has 0 spiro atoms. The van der Waals surface area contributed by atoms with E-state index in [1.54, 1.807) is 42.5 Å². The van der Waals surface area contributed by atoms with Crippen LogP contribution in [0.2, 0.25) is 0 Å². The van der Waals surface area contributed by atoms with Crippen LogP contribution in [-0.4, -0.2) is 37.2 Å². The number of anilines is 1. The molecule has 1 atom stereocenters. The monoisotopic (exact) mass is 413 g/mol. The van der Waals surface area contributed by atoms with Crippen LogP contribution < -0.4 is 19.5 Å². The molecule has 1 N–H and O–H groups in total. The number of nitrogens with one attached hydrogen (secondary N) is 1. The first-order valence-corrected chi connectivity index (χ1v) is 9.62. The van der Waals surface area contributed by atoms with Crippen LogP contribution in [0.1, 0.15) is 37.0 Å². The maximum Gasteiger partial charge on any atom is 0.307 e. The van der Waals surface area contributed by atoms with Crippen molar-refractivity contribution in [2.24, 2.45) is 0 Å². The number of esters is 1. The van der Waals surface area contributed by atoms with Gasteiger partial charge in [0, 0.05) is 23.7 Å². The van der Waals surface area contributed by atoms with Gasteiger partial charge in [0.15, 0.2) is 23.4 Å². The molecular formula is C22H23NO7. The Morgan fingerprint density at radius 1 is 1.03 bits per heavy atom. The van der Waals surface area contributed by atoms with Gasteiger partial charge in [-0.05, 0) is 50.2 Å². The SMILES string of the molecule is CCOc1ccc(C(=O)CCC(=O)O[C@H](C)C(=O)Nc2ccc3c(c2)OCO3)cc1. The average Bonchev–Trinajstić information content (AvgIpc) is 3.20. The van der Waals surface area contributed by atoms with E-state index in [-0.39, 0.29) is 25.4 Å². The number of hydrogen-bond donors (Lipinski definition) is 1. The number of Topliss-reactive ketones (excluding diaryl/α,β-unsaturated/α-hetero) is 1. The predicted octanol–water partition coefficient (Wildman–Crippen LogP) is 3.35. The van der Waals surface area contributed by atoms with E-state index in [2.05, 4.69) is 5.32 Å². The number of hydrogen-bond acceptors (Lipinski definition) is 7. The fraction of sp³-hybridized carbons (Fsp3) is 0.318. The molecule has 3 rings (SSSR count). The Morgan fingerprint density at radius 2 is 1.77 bits per heavy atom. The maximum atomic E-state index is 12.3. The molecule has 2 aromatic carbocycles. The summed E-state index contributed by atoms with van der Waals surface area (Å²) >= 11 is 0. The molecule has 2 aromatic rings. The second kappa shape index (κ2) is 9.78. The van der Waals surface area contributed by atoms with Crippen molar-refractivity contribution in [3.63, 3.8) is 0 Å². The van der Waals surface area contributed by atoms with Gasteiger partial charge in [0.05, 0.1) is 13.0 Å². The standard InChI is InChI=1S/C22H23NO7/c1-3-27-17-7-4-15(5-8-17)18(24)9-11-21(25)30-14(2)22(26)23-16-6-10-19-20(12-16)29-13-28-19/h4-8,10,12,14H,3,9,11,13H2,1-2H3,(H,23,26)/t14-/m1/s1. The van der Waals surface area contributed by atoms with Gasteiger partial charge >= 0.3 is 5.97 Å². The minimum Gasteiger partial charge on any atom is -0.494 e. The van der Waals surface area contributed by atoms with Crippen molar-refractivity contribution in [2.45, 2.75) is 32.8 Å². The molecule has 8 nitrogen and oxygen atoms in total. The van der Waals surface area contributed by atoms with Crippen molar-refractivity contribution in [1.29, 1.82) is 0 Å². The van der Waals surface area contributed by atoms with Gasteiger partial charge in [-0.1, -0.05) is 0 Å². The molecule has 0 saturated carbocycles. The number of carbonyl (C=O) groups is 3. The fourth-order valence-corrected chi connectivity index (χ4v) is 2.79. The molecule has 8 heteroatoms. The third-order valence-corrected chi connectivity index (χ3v) is 4.36. The van der Waals surface area contributed by atoms with Crippen molar-refractivity contribution < 1.29 is 33.3 Å². The first-order valence-electron chi connectivity index (χ1n) is 9.62. The summed E-state index contributed by atoms with van der Waals surface area (Å²) in [6, 6.07) is 11.7. The van der Waals surface area contributed by atoms with E-state index in [0.29, 0.717) is 35.1 Å². The lowest BCUT2D eigenvalue weighted by Gasteiger charge is -2.13. The molecule has 1 aliphatic heterocycles. The maximum absolute atomic E-state index is 12.3. The Balaban J connectivity index is 1.44. The van der Waals surface area contributed by atoms with Gasteiger partial charge in [0.1, 0.15) is 5.75 Å². The smallest absolute Gasteiger partial charge is 0.307 e. The summed E-state index contributed by atoms with van der Waals surface area (Å²) in [7, 11) is 0. The van der Waals surface area contributed by atoms with Crippen LogP contribution in [-0.2, 0) is 14.3 Å². The average molecular weight is 413 g/mol. The summed E-state index contributed by atoms with van der Waals surface area (Å²) in [6.07, 6.45) is -1.14. The summed E-state index contributed by atoms with van der Waals surface area (Å²) < 4.78 is 20.9. The van der Waals surface area contributed by atoms with Gasteiger partial charge in [0.25, 0.3) is 5.91 Å². The van der Waals surface area contributed by atoms with E-state index in [1.165, 1.54) is 6.92 Å². The number of benzene rings is 2. The first-order chi connectivity index (χ1) is 14.5. The van der Waals surface area contributed by atoms with Crippen LogP contribution >= 0.6 is 0 Å². The van der Waals surface area contributed by atoms with Crippen molar-refractivity contribution in [3.8, 4) is 17.2 Å². The van der Waals surface area contributed by atoms with Gasteiger partial charge in [-0.2, -0.15) is 0 Å². The Labute approximate surface area is 174 Å². The number of ether oxygens (including phenoxy) is 4. The van der Waals surface area contributed by atoms with Crippen LogP contribution in [0.5, 0.6) is 17.2 Å². The highest BCUT2D eigenvalue weighted by Gasteiger charge is 2.20. The van der Waals surface area contributed by atoms with Crippen LogP contribution in [0.15, 0.2) is 42.5 Å². The lowest BCUT2D eigenvalue weighted by Crippen LogP contribution is -2.30. The minimum atomic E-state index is -1.01. The van der Waals surface area contributed by atoms with Crippen LogP contribution in [0.25, 0.3) is 0 Å². The van der Waals surface area contributed by atoms with Crippen molar-refractivity contribution in [2.75, 3.05) is 18.7 Å². The number of rotatable bonds is 9. The second-order valence-electron chi connectivity index (χ2n) is 6.57. The Morgan fingerprint density at radius 3 is 2.50 bits per heavy atom. The van der Waals surface area contributed by atoms with Gasteiger partial charge in [0.2, 0.25) is 6.79 Å². The number of fused-ring (bicyclic) bond motifs is 1. The molecule has 1 aliphatic rings. The Kier molecular flexibility index (Phi) is 6.90. The normalized spacial score (nSPS) is 12.7. The number of ketones is 1. The van der Waals surface area contributed by atoms with E-state index in [1.807, 2.05) is 6.92 Å². The highest BCUT2D eigenvalue weighted by Crippen LogP contribution is 2.34. The molecule has 1 amide bonds. The summed E-state index contributed by atoms with van der Waals surface area (Å²) in [4.78, 5) is 36.5. The molecular weight excluding hydrogens is 390 g/mol. The second-order valence-corrected chi connectivity index (χ2v) is 6.57. The van der Waals surface area contributed by atoms with Gasteiger partial charge in [-0.3, -0.25) is 14.4 Å². The highest BCUT2D eigenvalue weighted by atomic mass is 16.7. The molecule has 0 aliphatic carbocycles. The quantitative estimate of drug-likeness (QED) is 0.497. The number of carbonyl (C=O) groups excluding carboxylic acids is 3. The minimum absolute atomic E-state index is 0.0106. The lowest BCUT2D eigenvalue weighted by atomic mass is 10.1. The van der Waals surface area contributed by atoms with E-state index in [4.69, 9.17) is 18.9 Å². The van der Waals surface area contributed by atoms with E-state index in [0.717, 1.165) is 0 Å². The lowest BCUT2D eigenvalue weighted by molar-refractivity contribution is -0.153. The van der Waals surface area contributed by atoms with Crippen molar-refractivity contribution in [3.05, 3.63) is 48.0 Å². The molecule has 0 bridgehead atoms. The third kappa shape index (κ3) is 5.50. The largest absolute Gasteiger partial charge is 0.494 e. The van der Waals surface area contributed by atoms with Crippen molar-refractivity contribution >= 4 is 23.3 Å². The van der Waals surface area contributed by atoms with Gasteiger partial charge in [-0.15, -0.1) is 0 Å². The van der Waals surface area contributed by atoms with Crippen LogP contribution in [0, 0.1) is 0 Å². The summed E-state index contributed by atoms with van der Waals surface area (Å²) in [5.74, 6) is 0.515. The Bertz CT molecular complexity index is 924.